The normalized spacial score (nSPS) is 11.0. The van der Waals surface area contributed by atoms with Gasteiger partial charge in [0.1, 0.15) is 18.9 Å². The molecule has 3 rings (SSSR count). The fraction of sp³-hybridized carbons (Fsp3) is 0.182. The predicted octanol–water partition coefficient (Wildman–Crippen LogP) is 2.74. The van der Waals surface area contributed by atoms with Crippen LogP contribution in [0.15, 0.2) is 79.0 Å². The molecule has 0 saturated heterocycles. The van der Waals surface area contributed by atoms with Crippen LogP contribution >= 0.6 is 0 Å². The maximum atomic E-state index is 12.3. The fourth-order valence-corrected chi connectivity index (χ4v) is 3.58. The number of hydrogen-bond donors (Lipinski definition) is 1. The third-order valence-corrected chi connectivity index (χ3v) is 5.39. The summed E-state index contributed by atoms with van der Waals surface area (Å²) in [5.74, 6) is 0.186. The van der Waals surface area contributed by atoms with E-state index < -0.39 is 15.9 Å². The molecule has 3 aromatic rings. The number of pyridine rings is 1. The van der Waals surface area contributed by atoms with Gasteiger partial charge in [-0.25, -0.2) is 8.42 Å². The minimum Gasteiger partial charge on any atom is -0.489 e. The van der Waals surface area contributed by atoms with Crippen molar-refractivity contribution in [1.29, 1.82) is 0 Å². The Bertz CT molecular complexity index is 1060. The van der Waals surface area contributed by atoms with Gasteiger partial charge in [-0.15, -0.1) is 0 Å². The summed E-state index contributed by atoms with van der Waals surface area (Å²) >= 11 is 0. The van der Waals surface area contributed by atoms with Crippen molar-refractivity contribution >= 4 is 21.6 Å². The van der Waals surface area contributed by atoms with Crippen LogP contribution in [-0.2, 0) is 28.0 Å². The molecule has 0 aliphatic carbocycles. The molecule has 1 amide bonds. The van der Waals surface area contributed by atoms with Crippen LogP contribution in [0, 0.1) is 0 Å². The number of hydrogen-bond acceptors (Lipinski definition) is 5. The molecule has 1 aromatic heterocycles. The van der Waals surface area contributed by atoms with E-state index in [1.807, 2.05) is 36.4 Å². The number of carbonyl (C=O) groups excluding carboxylic acids is 1. The molecule has 2 aromatic carbocycles. The van der Waals surface area contributed by atoms with E-state index in [9.17, 15) is 13.2 Å². The average Bonchev–Trinajstić information content (AvgIpc) is 2.76. The highest BCUT2D eigenvalue weighted by Crippen LogP contribution is 2.22. The predicted molar refractivity (Wildman–Crippen MR) is 115 cm³/mol. The van der Waals surface area contributed by atoms with Crippen LogP contribution < -0.4 is 14.4 Å². The van der Waals surface area contributed by atoms with E-state index in [2.05, 4.69) is 10.3 Å². The van der Waals surface area contributed by atoms with Gasteiger partial charge >= 0.3 is 0 Å². The summed E-state index contributed by atoms with van der Waals surface area (Å²) in [7, 11) is -3.65. The number of sulfonamides is 1. The molecule has 0 spiro atoms. The van der Waals surface area contributed by atoms with Gasteiger partial charge < -0.3 is 10.1 Å². The number of amides is 1. The van der Waals surface area contributed by atoms with Crippen LogP contribution in [0.3, 0.4) is 0 Å². The lowest BCUT2D eigenvalue weighted by Gasteiger charge is -2.22. The van der Waals surface area contributed by atoms with Gasteiger partial charge in [0.2, 0.25) is 15.9 Å². The molecule has 1 N–H and O–H groups in total. The van der Waals surface area contributed by atoms with Gasteiger partial charge in [0.05, 0.1) is 24.2 Å². The molecule has 0 unspecified atom stereocenters. The Kier molecular flexibility index (Phi) is 7.03. The monoisotopic (exact) mass is 425 g/mol. The van der Waals surface area contributed by atoms with Crippen molar-refractivity contribution in [3.05, 3.63) is 90.3 Å². The van der Waals surface area contributed by atoms with E-state index in [0.717, 1.165) is 16.1 Å². The third kappa shape index (κ3) is 6.31. The number of aromatic nitrogens is 1. The molecular weight excluding hydrogens is 402 g/mol. The second-order valence-corrected chi connectivity index (χ2v) is 8.54. The maximum Gasteiger partial charge on any atom is 0.241 e. The summed E-state index contributed by atoms with van der Waals surface area (Å²) in [5, 5.41) is 2.69. The van der Waals surface area contributed by atoms with Crippen molar-refractivity contribution in [2.45, 2.75) is 13.2 Å². The molecule has 0 atom stereocenters. The van der Waals surface area contributed by atoms with E-state index in [4.69, 9.17) is 4.74 Å². The van der Waals surface area contributed by atoms with Crippen molar-refractivity contribution in [2.75, 3.05) is 17.1 Å². The summed E-state index contributed by atoms with van der Waals surface area (Å²) < 4.78 is 31.3. The molecule has 1 heterocycles. The summed E-state index contributed by atoms with van der Waals surface area (Å²) in [6.07, 6.45) is 2.70. The zero-order valence-electron chi connectivity index (χ0n) is 16.6. The van der Waals surface area contributed by atoms with Crippen molar-refractivity contribution in [1.82, 2.24) is 10.3 Å². The van der Waals surface area contributed by atoms with Crippen molar-refractivity contribution < 1.29 is 17.9 Å². The zero-order chi connectivity index (χ0) is 21.4. The lowest BCUT2D eigenvalue weighted by Crippen LogP contribution is -2.40. The summed E-state index contributed by atoms with van der Waals surface area (Å²) in [6, 6.07) is 21.7. The Morgan fingerprint density at radius 2 is 1.70 bits per heavy atom. The van der Waals surface area contributed by atoms with Gasteiger partial charge in [-0.1, -0.05) is 36.4 Å². The van der Waals surface area contributed by atoms with E-state index in [1.165, 1.54) is 0 Å². The van der Waals surface area contributed by atoms with Crippen molar-refractivity contribution in [3.63, 3.8) is 0 Å². The molecule has 0 fully saturated rings. The Labute approximate surface area is 176 Å². The highest BCUT2D eigenvalue weighted by molar-refractivity contribution is 7.92. The van der Waals surface area contributed by atoms with Crippen LogP contribution in [-0.4, -0.2) is 32.1 Å². The van der Waals surface area contributed by atoms with Crippen LogP contribution in [0.1, 0.15) is 11.3 Å². The number of benzene rings is 2. The van der Waals surface area contributed by atoms with Gasteiger partial charge in [0.15, 0.2) is 0 Å². The van der Waals surface area contributed by atoms with Gasteiger partial charge in [0, 0.05) is 6.20 Å². The number of ether oxygens (including phenoxy) is 1. The summed E-state index contributed by atoms with van der Waals surface area (Å²) in [6.45, 7) is 0.311. The van der Waals surface area contributed by atoms with E-state index in [-0.39, 0.29) is 13.1 Å². The number of anilines is 1. The SMILES string of the molecule is CS(=O)(=O)N(CC(=O)NCc1ccccn1)c1ccc(OCc2ccccc2)cc1. The molecule has 7 nitrogen and oxygen atoms in total. The van der Waals surface area contributed by atoms with Gasteiger partial charge in [0.25, 0.3) is 0 Å². The molecule has 0 saturated carbocycles. The van der Waals surface area contributed by atoms with Crippen LogP contribution in [0.2, 0.25) is 0 Å². The van der Waals surface area contributed by atoms with Crippen LogP contribution in [0.25, 0.3) is 0 Å². The van der Waals surface area contributed by atoms with Crippen molar-refractivity contribution in [2.24, 2.45) is 0 Å². The molecule has 0 aliphatic heterocycles. The van der Waals surface area contributed by atoms with Crippen molar-refractivity contribution in [3.8, 4) is 5.75 Å². The average molecular weight is 426 g/mol. The number of rotatable bonds is 9. The van der Waals surface area contributed by atoms with E-state index in [1.54, 1.807) is 42.6 Å². The Morgan fingerprint density at radius 3 is 2.33 bits per heavy atom. The van der Waals surface area contributed by atoms with Crippen LogP contribution in [0.5, 0.6) is 5.75 Å². The Balaban J connectivity index is 1.62. The molecule has 8 heteroatoms. The van der Waals surface area contributed by atoms with E-state index in [0.29, 0.717) is 23.7 Å². The molecule has 0 bridgehead atoms. The van der Waals surface area contributed by atoms with Gasteiger partial charge in [-0.05, 0) is 42.0 Å². The van der Waals surface area contributed by atoms with Gasteiger partial charge in [-0.2, -0.15) is 0 Å². The first kappa shape index (κ1) is 21.3. The minimum atomic E-state index is -3.65. The minimum absolute atomic E-state index is 0.226. The third-order valence-electron chi connectivity index (χ3n) is 4.25. The molecular formula is C22H23N3O4S. The highest BCUT2D eigenvalue weighted by atomic mass is 32.2. The Hall–Kier alpha value is -3.39. The van der Waals surface area contributed by atoms with Gasteiger partial charge in [-0.3, -0.25) is 14.1 Å². The second-order valence-electron chi connectivity index (χ2n) is 6.64. The molecule has 0 aliphatic rings. The largest absolute Gasteiger partial charge is 0.489 e. The lowest BCUT2D eigenvalue weighted by atomic mass is 10.2. The smallest absolute Gasteiger partial charge is 0.241 e. The number of nitrogens with one attached hydrogen (secondary N) is 1. The van der Waals surface area contributed by atoms with Crippen LogP contribution in [0.4, 0.5) is 5.69 Å². The lowest BCUT2D eigenvalue weighted by molar-refractivity contribution is -0.119. The molecule has 156 valence electrons. The molecule has 0 radical (unpaired) electrons. The Morgan fingerprint density at radius 1 is 1.00 bits per heavy atom. The fourth-order valence-electron chi connectivity index (χ4n) is 2.73. The summed E-state index contributed by atoms with van der Waals surface area (Å²) in [4.78, 5) is 16.4. The highest BCUT2D eigenvalue weighted by Gasteiger charge is 2.20. The first-order valence-corrected chi connectivity index (χ1v) is 11.2. The second kappa shape index (κ2) is 9.89. The number of carbonyl (C=O) groups is 1. The molecule has 30 heavy (non-hydrogen) atoms. The maximum absolute atomic E-state index is 12.3. The van der Waals surface area contributed by atoms with E-state index >= 15 is 0 Å². The standard InChI is InChI=1S/C22H23N3O4S/c1-30(27,28)25(16-22(26)24-15-19-9-5-6-14-23-19)20-10-12-21(13-11-20)29-17-18-7-3-2-4-8-18/h2-14H,15-17H2,1H3,(H,24,26). The topological polar surface area (TPSA) is 88.6 Å². The summed E-state index contributed by atoms with van der Waals surface area (Å²) in [5.41, 5.74) is 2.11. The first-order valence-electron chi connectivity index (χ1n) is 9.33. The first-order chi connectivity index (χ1) is 14.4. The number of nitrogens with zero attached hydrogens (tertiary/aromatic N) is 2. The zero-order valence-corrected chi connectivity index (χ0v) is 17.4. The quantitative estimate of drug-likeness (QED) is 0.570.